The Balaban J connectivity index is 2.08. The normalized spacial score (nSPS) is 19.3. The van der Waals surface area contributed by atoms with Gasteiger partial charge in [0.25, 0.3) is 0 Å². The van der Waals surface area contributed by atoms with Crippen molar-refractivity contribution in [3.05, 3.63) is 17.0 Å². The Kier molecular flexibility index (Phi) is 3.25. The number of nitrogens with zero attached hydrogens (tertiary/aromatic N) is 3. The molecule has 114 valence electrons. The van der Waals surface area contributed by atoms with Crippen molar-refractivity contribution in [3.8, 4) is 0 Å². The molecule has 1 aromatic rings. The summed E-state index contributed by atoms with van der Waals surface area (Å²) in [4.78, 5) is 15.0. The third kappa shape index (κ3) is 2.22. The summed E-state index contributed by atoms with van der Waals surface area (Å²) in [6.07, 6.45) is 3.62. The number of nitrogens with two attached hydrogens (primary N) is 1. The van der Waals surface area contributed by atoms with Crippen LogP contribution in [0.3, 0.4) is 0 Å². The van der Waals surface area contributed by atoms with Gasteiger partial charge in [-0.15, -0.1) is 0 Å². The molecule has 21 heavy (non-hydrogen) atoms. The molecule has 0 spiro atoms. The topological polar surface area (TPSA) is 119 Å². The van der Waals surface area contributed by atoms with E-state index in [4.69, 9.17) is 10.8 Å². The standard InChI is InChI=1S/C12H16N4O4S/c13-12-14-9-7-8(11(17)18)3-4-10(9)16(12)21(19,20)15-5-1-2-6-15/h7H,1-6H2,(H2,13,14)(H,17,18). The molecule has 0 unspecified atom stereocenters. The van der Waals surface area contributed by atoms with Crippen LogP contribution in [-0.2, 0) is 21.4 Å². The van der Waals surface area contributed by atoms with Crippen molar-refractivity contribution >= 4 is 28.2 Å². The Morgan fingerprint density at radius 1 is 1.29 bits per heavy atom. The molecule has 3 N–H and O–H groups in total. The summed E-state index contributed by atoms with van der Waals surface area (Å²) in [6, 6.07) is 0. The van der Waals surface area contributed by atoms with Gasteiger partial charge in [-0.25, -0.2) is 9.78 Å². The van der Waals surface area contributed by atoms with Gasteiger partial charge in [0.1, 0.15) is 0 Å². The van der Waals surface area contributed by atoms with Crippen LogP contribution in [0.5, 0.6) is 0 Å². The molecule has 0 bridgehead atoms. The summed E-state index contributed by atoms with van der Waals surface area (Å²) >= 11 is 0. The number of imidazole rings is 1. The maximum Gasteiger partial charge on any atom is 0.331 e. The molecule has 1 aromatic heterocycles. The van der Waals surface area contributed by atoms with Gasteiger partial charge < -0.3 is 10.8 Å². The second kappa shape index (κ2) is 4.85. The van der Waals surface area contributed by atoms with Crippen molar-refractivity contribution in [1.29, 1.82) is 0 Å². The van der Waals surface area contributed by atoms with Crippen molar-refractivity contribution < 1.29 is 18.3 Å². The van der Waals surface area contributed by atoms with Crippen LogP contribution in [0.2, 0.25) is 0 Å². The minimum absolute atomic E-state index is 0.116. The van der Waals surface area contributed by atoms with Crippen LogP contribution in [0.25, 0.3) is 6.08 Å². The van der Waals surface area contributed by atoms with Gasteiger partial charge in [0.05, 0.1) is 11.4 Å². The number of hydrogen-bond acceptors (Lipinski definition) is 5. The molecular formula is C12H16N4O4S. The summed E-state index contributed by atoms with van der Waals surface area (Å²) in [5.41, 5.74) is 6.77. The second-order valence-corrected chi connectivity index (χ2v) is 6.93. The number of nitrogen functional groups attached to an aromatic ring is 1. The molecule has 8 nitrogen and oxygen atoms in total. The van der Waals surface area contributed by atoms with Crippen molar-refractivity contribution in [1.82, 2.24) is 13.3 Å². The summed E-state index contributed by atoms with van der Waals surface area (Å²) in [5.74, 6) is -1.13. The number of fused-ring (bicyclic) bond motifs is 1. The number of aliphatic carboxylic acids is 1. The number of aromatic nitrogens is 2. The number of hydrogen-bond donors (Lipinski definition) is 2. The molecule has 1 saturated heterocycles. The molecule has 0 aromatic carbocycles. The molecule has 2 aliphatic rings. The molecule has 0 atom stereocenters. The highest BCUT2D eigenvalue weighted by molar-refractivity contribution is 7.87. The first kappa shape index (κ1) is 14.1. The van der Waals surface area contributed by atoms with Gasteiger partial charge in [-0.1, -0.05) is 0 Å². The van der Waals surface area contributed by atoms with Crippen LogP contribution in [-0.4, -0.2) is 45.8 Å². The molecule has 1 fully saturated rings. The highest BCUT2D eigenvalue weighted by Gasteiger charge is 2.33. The molecule has 1 aliphatic carbocycles. The lowest BCUT2D eigenvalue weighted by Crippen LogP contribution is -2.35. The number of carbonyl (C=O) groups is 1. The van der Waals surface area contributed by atoms with Gasteiger partial charge in [-0.3, -0.25) is 0 Å². The molecule has 0 amide bonds. The van der Waals surface area contributed by atoms with Crippen molar-refractivity contribution in [2.24, 2.45) is 0 Å². The number of anilines is 1. The average Bonchev–Trinajstić information content (AvgIpc) is 3.04. The third-order valence-electron chi connectivity index (χ3n) is 3.82. The highest BCUT2D eigenvalue weighted by atomic mass is 32.2. The van der Waals surface area contributed by atoms with E-state index >= 15 is 0 Å². The predicted molar refractivity (Wildman–Crippen MR) is 75.7 cm³/mol. The second-order valence-electron chi connectivity index (χ2n) is 5.16. The van der Waals surface area contributed by atoms with Crippen molar-refractivity contribution in [2.45, 2.75) is 25.7 Å². The molecule has 0 saturated carbocycles. The minimum Gasteiger partial charge on any atom is -0.478 e. The lowest BCUT2D eigenvalue weighted by Gasteiger charge is -2.20. The summed E-state index contributed by atoms with van der Waals surface area (Å²) < 4.78 is 27.7. The Morgan fingerprint density at radius 3 is 2.57 bits per heavy atom. The highest BCUT2D eigenvalue weighted by Crippen LogP contribution is 2.29. The van der Waals surface area contributed by atoms with Crippen LogP contribution < -0.4 is 5.73 Å². The van der Waals surface area contributed by atoms with E-state index in [9.17, 15) is 13.2 Å². The smallest absolute Gasteiger partial charge is 0.331 e. The minimum atomic E-state index is -3.72. The SMILES string of the molecule is Nc1nc2c(n1S(=O)(=O)N1CCCC1)CCC(C(=O)O)=C2. The van der Waals surface area contributed by atoms with Gasteiger partial charge in [-0.2, -0.15) is 16.7 Å². The Hall–Kier alpha value is -1.87. The van der Waals surface area contributed by atoms with Crippen molar-refractivity contribution in [2.75, 3.05) is 18.8 Å². The van der Waals surface area contributed by atoms with Gasteiger partial charge >= 0.3 is 16.2 Å². The monoisotopic (exact) mass is 312 g/mol. The lowest BCUT2D eigenvalue weighted by atomic mass is 10.0. The zero-order valence-electron chi connectivity index (χ0n) is 11.3. The molecule has 3 rings (SSSR count). The zero-order valence-corrected chi connectivity index (χ0v) is 12.1. The van der Waals surface area contributed by atoms with Crippen molar-refractivity contribution in [3.63, 3.8) is 0 Å². The van der Waals surface area contributed by atoms with Crippen LogP contribution in [0, 0.1) is 0 Å². The summed E-state index contributed by atoms with van der Waals surface area (Å²) in [7, 11) is -3.72. The fourth-order valence-corrected chi connectivity index (χ4v) is 4.46. The zero-order chi connectivity index (χ0) is 15.2. The Morgan fingerprint density at radius 2 is 1.95 bits per heavy atom. The predicted octanol–water partition coefficient (Wildman–Crippen LogP) is 0.0682. The van der Waals surface area contributed by atoms with Gasteiger partial charge in [0, 0.05) is 18.7 Å². The number of carboxylic acids is 1. The van der Waals surface area contributed by atoms with Crippen LogP contribution >= 0.6 is 0 Å². The maximum atomic E-state index is 12.6. The fourth-order valence-electron chi connectivity index (χ4n) is 2.77. The molecule has 0 radical (unpaired) electrons. The quantitative estimate of drug-likeness (QED) is 0.815. The van der Waals surface area contributed by atoms with E-state index in [1.165, 1.54) is 10.4 Å². The maximum absolute atomic E-state index is 12.6. The van der Waals surface area contributed by atoms with Crippen LogP contribution in [0.1, 0.15) is 30.7 Å². The van der Waals surface area contributed by atoms with E-state index in [0.717, 1.165) is 16.8 Å². The molecule has 2 heterocycles. The lowest BCUT2D eigenvalue weighted by molar-refractivity contribution is -0.132. The molecule has 1 aliphatic heterocycles. The van der Waals surface area contributed by atoms with Gasteiger partial charge in [0.15, 0.2) is 0 Å². The summed E-state index contributed by atoms with van der Waals surface area (Å²) in [5, 5.41) is 9.01. The first-order valence-electron chi connectivity index (χ1n) is 6.73. The Labute approximate surface area is 122 Å². The fraction of sp³-hybridized carbons (Fsp3) is 0.500. The van der Waals surface area contributed by atoms with Gasteiger partial charge in [-0.05, 0) is 31.8 Å². The van der Waals surface area contributed by atoms with E-state index in [1.807, 2.05) is 0 Å². The first-order chi connectivity index (χ1) is 9.91. The van der Waals surface area contributed by atoms with E-state index in [-0.39, 0.29) is 17.9 Å². The van der Waals surface area contributed by atoms with E-state index in [0.29, 0.717) is 30.9 Å². The number of rotatable bonds is 3. The average molecular weight is 312 g/mol. The van der Waals surface area contributed by atoms with Gasteiger partial charge in [0.2, 0.25) is 5.95 Å². The van der Waals surface area contributed by atoms with E-state index in [2.05, 4.69) is 4.98 Å². The molecular weight excluding hydrogens is 296 g/mol. The Bertz CT molecular complexity index is 729. The van der Waals surface area contributed by atoms with E-state index < -0.39 is 16.2 Å². The number of carboxylic acid groups (broad SMARTS) is 1. The summed E-state index contributed by atoms with van der Waals surface area (Å²) in [6.45, 7) is 0.954. The third-order valence-corrected chi connectivity index (χ3v) is 5.71. The van der Waals surface area contributed by atoms with Crippen LogP contribution in [0.4, 0.5) is 5.95 Å². The first-order valence-corrected chi connectivity index (χ1v) is 8.12. The van der Waals surface area contributed by atoms with Crippen LogP contribution in [0.15, 0.2) is 5.57 Å². The van der Waals surface area contributed by atoms with E-state index in [1.54, 1.807) is 0 Å². The largest absolute Gasteiger partial charge is 0.478 e. The molecule has 9 heteroatoms.